The second-order valence-corrected chi connectivity index (χ2v) is 9.53. The number of amides is 1. The van der Waals surface area contributed by atoms with Gasteiger partial charge in [0, 0.05) is 6.54 Å². The van der Waals surface area contributed by atoms with Gasteiger partial charge in [-0.1, -0.05) is 46.2 Å². The molecule has 2 unspecified atom stereocenters. The van der Waals surface area contributed by atoms with Crippen LogP contribution in [0, 0.1) is 17.8 Å². The van der Waals surface area contributed by atoms with Crippen molar-refractivity contribution < 1.29 is 18.0 Å². The molecule has 0 radical (unpaired) electrons. The summed E-state index contributed by atoms with van der Waals surface area (Å²) in [5.74, 6) is -1.55. The van der Waals surface area contributed by atoms with Crippen molar-refractivity contribution in [2.24, 2.45) is 22.2 Å². The van der Waals surface area contributed by atoms with Crippen LogP contribution in [-0.2, 0) is 19.6 Å². The van der Waals surface area contributed by atoms with Gasteiger partial charge in [-0.15, -0.1) is 4.40 Å². The molecular weight excluding hydrogens is 378 g/mol. The minimum absolute atomic E-state index is 0.0123. The molecular formula is C20H27N3O4S. The van der Waals surface area contributed by atoms with E-state index in [0.717, 1.165) is 12.8 Å². The number of fused-ring (bicyclic) bond motifs is 1. The molecule has 1 fully saturated rings. The van der Waals surface area contributed by atoms with E-state index in [-0.39, 0.29) is 28.3 Å². The number of rotatable bonds is 6. The zero-order valence-corrected chi connectivity index (χ0v) is 17.5. The first-order chi connectivity index (χ1) is 13.2. The van der Waals surface area contributed by atoms with Gasteiger partial charge in [0.1, 0.15) is 10.7 Å². The molecule has 1 amide bonds. The lowest BCUT2D eigenvalue weighted by Crippen LogP contribution is -2.41. The summed E-state index contributed by atoms with van der Waals surface area (Å²) in [7, 11) is -3.96. The highest BCUT2D eigenvalue weighted by atomic mass is 32.2. The molecule has 1 N–H and O–H groups in total. The number of nitrogens with zero attached hydrogens (tertiary/aromatic N) is 2. The smallest absolute Gasteiger partial charge is 0.286 e. The number of Topliss-reactive ketones (excluding diaryl/α,β-unsaturated/α-hetero) is 1. The Bertz CT molecular complexity index is 923. The van der Waals surface area contributed by atoms with E-state index < -0.39 is 22.0 Å². The summed E-state index contributed by atoms with van der Waals surface area (Å²) in [5, 5.41) is 2.92. The third-order valence-electron chi connectivity index (χ3n) is 5.49. The molecule has 0 spiro atoms. The van der Waals surface area contributed by atoms with E-state index in [4.69, 9.17) is 0 Å². The third kappa shape index (κ3) is 3.57. The number of benzene rings is 1. The van der Waals surface area contributed by atoms with Crippen LogP contribution in [0.25, 0.3) is 0 Å². The molecule has 0 saturated carbocycles. The van der Waals surface area contributed by atoms with Gasteiger partial charge in [-0.25, -0.2) is 0 Å². The number of anilines is 1. The Balaban J connectivity index is 1.99. The van der Waals surface area contributed by atoms with Crippen LogP contribution in [0.4, 0.5) is 5.69 Å². The molecule has 3 rings (SSSR count). The topological polar surface area (TPSA) is 95.9 Å². The molecule has 2 heterocycles. The molecule has 1 aromatic carbocycles. The first-order valence-electron chi connectivity index (χ1n) is 9.72. The summed E-state index contributed by atoms with van der Waals surface area (Å²) in [5.41, 5.74) is 0.342. The number of likely N-dealkylation sites (tertiary alicyclic amines) is 1. The summed E-state index contributed by atoms with van der Waals surface area (Å²) >= 11 is 0. The molecule has 3 atom stereocenters. The molecule has 0 aromatic heterocycles. The highest BCUT2D eigenvalue weighted by molar-refractivity contribution is 7.90. The zero-order valence-electron chi connectivity index (χ0n) is 16.7. The van der Waals surface area contributed by atoms with Gasteiger partial charge in [0.05, 0.1) is 11.7 Å². The molecule has 0 bridgehead atoms. The van der Waals surface area contributed by atoms with E-state index >= 15 is 0 Å². The molecule has 2 aliphatic rings. The van der Waals surface area contributed by atoms with Crippen molar-refractivity contribution in [3.63, 3.8) is 0 Å². The van der Waals surface area contributed by atoms with Crippen LogP contribution in [-0.4, -0.2) is 43.4 Å². The highest BCUT2D eigenvalue weighted by Crippen LogP contribution is 2.34. The molecule has 0 aliphatic carbocycles. The second kappa shape index (κ2) is 7.66. The Hall–Kier alpha value is -2.22. The molecule has 8 heteroatoms. The van der Waals surface area contributed by atoms with E-state index in [9.17, 15) is 18.0 Å². The van der Waals surface area contributed by atoms with E-state index in [1.54, 1.807) is 23.1 Å². The fourth-order valence-corrected chi connectivity index (χ4v) is 4.87. The average Bonchev–Trinajstić information content (AvgIpc) is 2.88. The predicted octanol–water partition coefficient (Wildman–Crippen LogP) is 2.69. The lowest BCUT2D eigenvalue weighted by atomic mass is 9.92. The molecule has 1 saturated heterocycles. The molecule has 2 aliphatic heterocycles. The van der Waals surface area contributed by atoms with Gasteiger partial charge in [0.25, 0.3) is 10.0 Å². The van der Waals surface area contributed by atoms with Crippen LogP contribution in [0.1, 0.15) is 40.5 Å². The van der Waals surface area contributed by atoms with Crippen molar-refractivity contribution in [3.8, 4) is 0 Å². The summed E-state index contributed by atoms with van der Waals surface area (Å²) in [4.78, 5) is 28.1. The summed E-state index contributed by atoms with van der Waals surface area (Å²) in [6.07, 6.45) is 1.52. The van der Waals surface area contributed by atoms with Crippen molar-refractivity contribution in [1.29, 1.82) is 0 Å². The number of carbonyl (C=O) groups is 2. The van der Waals surface area contributed by atoms with E-state index in [0.29, 0.717) is 18.2 Å². The van der Waals surface area contributed by atoms with Gasteiger partial charge in [-0.05, 0) is 30.4 Å². The molecule has 152 valence electrons. The lowest BCUT2D eigenvalue weighted by molar-refractivity contribution is -0.131. The van der Waals surface area contributed by atoms with E-state index in [1.807, 2.05) is 13.8 Å². The quantitative estimate of drug-likeness (QED) is 0.734. The standard InChI is InChI=1S/C20H27N3O4S/c1-5-13(4)17-18(24)16(20(25)23(17)11-10-12(2)3)19-21-14-8-6-7-9-15(14)28(26,27)22-19/h6-9,12-13,16-17H,5,10-11H2,1-4H3,(H,21,22)/t13?,16?,17-/m0/s1. The predicted molar refractivity (Wildman–Crippen MR) is 108 cm³/mol. The number of para-hydroxylation sites is 1. The third-order valence-corrected chi connectivity index (χ3v) is 6.84. The Kier molecular flexibility index (Phi) is 5.61. The number of ketones is 1. The molecule has 7 nitrogen and oxygen atoms in total. The summed E-state index contributed by atoms with van der Waals surface area (Å²) in [6, 6.07) is 5.81. The van der Waals surface area contributed by atoms with Crippen molar-refractivity contribution in [2.45, 2.75) is 51.5 Å². The minimum Gasteiger partial charge on any atom is -0.341 e. The van der Waals surface area contributed by atoms with Crippen molar-refractivity contribution in [3.05, 3.63) is 24.3 Å². The van der Waals surface area contributed by atoms with Crippen molar-refractivity contribution >= 4 is 33.2 Å². The highest BCUT2D eigenvalue weighted by Gasteiger charge is 2.52. The van der Waals surface area contributed by atoms with Gasteiger partial charge in [0.2, 0.25) is 5.91 Å². The van der Waals surface area contributed by atoms with Crippen LogP contribution in [0.5, 0.6) is 0 Å². The fourth-order valence-electron chi connectivity index (χ4n) is 3.72. The Morgan fingerprint density at radius 3 is 2.50 bits per heavy atom. The zero-order chi connectivity index (χ0) is 20.6. The van der Waals surface area contributed by atoms with Crippen molar-refractivity contribution in [2.75, 3.05) is 11.9 Å². The second-order valence-electron chi connectivity index (χ2n) is 7.95. The number of amidine groups is 1. The number of carbonyl (C=O) groups excluding carboxylic acids is 2. The largest absolute Gasteiger partial charge is 0.341 e. The van der Waals surface area contributed by atoms with Crippen LogP contribution in [0.2, 0.25) is 0 Å². The number of hydrogen-bond donors (Lipinski definition) is 1. The Morgan fingerprint density at radius 1 is 1.18 bits per heavy atom. The average molecular weight is 406 g/mol. The fraction of sp³-hybridized carbons (Fsp3) is 0.550. The number of hydrogen-bond acceptors (Lipinski definition) is 5. The van der Waals surface area contributed by atoms with Gasteiger partial charge >= 0.3 is 0 Å². The van der Waals surface area contributed by atoms with E-state index in [1.165, 1.54) is 6.07 Å². The Morgan fingerprint density at radius 2 is 1.86 bits per heavy atom. The summed E-state index contributed by atoms with van der Waals surface area (Å²) in [6.45, 7) is 8.53. The van der Waals surface area contributed by atoms with Crippen molar-refractivity contribution in [1.82, 2.24) is 4.90 Å². The van der Waals surface area contributed by atoms with Crippen LogP contribution in [0.3, 0.4) is 0 Å². The molecule has 1 aromatic rings. The van der Waals surface area contributed by atoms with Gasteiger partial charge in [-0.2, -0.15) is 8.42 Å². The first-order valence-corrected chi connectivity index (χ1v) is 11.2. The monoisotopic (exact) mass is 405 g/mol. The normalized spacial score (nSPS) is 24.8. The summed E-state index contributed by atoms with van der Waals surface area (Å²) < 4.78 is 28.9. The SMILES string of the molecule is CCC(C)[C@H]1C(=O)C(C2=NS(=O)(=O)c3ccccc3N2)C(=O)N1CCC(C)C. The number of nitrogens with one attached hydrogen (secondary N) is 1. The Labute approximate surface area is 166 Å². The van der Waals surface area contributed by atoms with Crippen LogP contribution < -0.4 is 5.32 Å². The maximum Gasteiger partial charge on any atom is 0.286 e. The van der Waals surface area contributed by atoms with Crippen LogP contribution >= 0.6 is 0 Å². The van der Waals surface area contributed by atoms with Gasteiger partial charge < -0.3 is 10.2 Å². The molecule has 28 heavy (non-hydrogen) atoms. The number of sulfonamides is 1. The van der Waals surface area contributed by atoms with Crippen LogP contribution in [0.15, 0.2) is 33.6 Å². The van der Waals surface area contributed by atoms with Gasteiger partial charge in [0.15, 0.2) is 11.7 Å². The van der Waals surface area contributed by atoms with E-state index in [2.05, 4.69) is 23.6 Å². The first kappa shape index (κ1) is 20.5. The lowest BCUT2D eigenvalue weighted by Gasteiger charge is -2.28. The maximum absolute atomic E-state index is 13.2. The minimum atomic E-state index is -3.96. The van der Waals surface area contributed by atoms with Gasteiger partial charge in [-0.3, -0.25) is 9.59 Å². The maximum atomic E-state index is 13.2.